The van der Waals surface area contributed by atoms with Crippen LogP contribution in [-0.2, 0) is 9.59 Å². The molecule has 23 heavy (non-hydrogen) atoms. The van der Waals surface area contributed by atoms with E-state index in [9.17, 15) is 9.59 Å². The third-order valence-electron chi connectivity index (χ3n) is 3.41. The highest BCUT2D eigenvalue weighted by molar-refractivity contribution is 6.01. The molecule has 0 saturated carbocycles. The van der Waals surface area contributed by atoms with Gasteiger partial charge >= 0.3 is 0 Å². The van der Waals surface area contributed by atoms with Crippen LogP contribution in [0.3, 0.4) is 0 Å². The maximum Gasteiger partial charge on any atom is 0.252 e. The van der Waals surface area contributed by atoms with Crippen molar-refractivity contribution < 1.29 is 14.3 Å². The van der Waals surface area contributed by atoms with Crippen molar-refractivity contribution in [3.8, 4) is 5.75 Å². The lowest BCUT2D eigenvalue weighted by Gasteiger charge is -2.13. The van der Waals surface area contributed by atoms with Gasteiger partial charge in [-0.2, -0.15) is 10.1 Å². The predicted molar refractivity (Wildman–Crippen MR) is 83.3 cm³/mol. The van der Waals surface area contributed by atoms with Gasteiger partial charge in [-0.05, 0) is 26.0 Å². The zero-order valence-corrected chi connectivity index (χ0v) is 12.9. The second-order valence-corrected chi connectivity index (χ2v) is 5.11. The fourth-order valence-electron chi connectivity index (χ4n) is 2.44. The zero-order valence-electron chi connectivity index (χ0n) is 12.9. The highest BCUT2D eigenvalue weighted by atomic mass is 16.5. The van der Waals surface area contributed by atoms with Gasteiger partial charge in [-0.15, -0.1) is 0 Å². The number of anilines is 2. The van der Waals surface area contributed by atoms with Gasteiger partial charge in [0.2, 0.25) is 11.9 Å². The summed E-state index contributed by atoms with van der Waals surface area (Å²) < 4.78 is 6.92. The standard InChI is InChI=1S/C15H17N5O3/c1-3-23-12-7-5-4-6-10(12)17-13(21)8-11-14(22)18-15-16-9(2)19-20(11)15/h4-7,11H,3,8H2,1-2H3,(H,17,21)(H,16,18,19,22)/t11-/m1/s1. The number of carbonyl (C=O) groups is 2. The van der Waals surface area contributed by atoms with Gasteiger partial charge < -0.3 is 10.1 Å². The van der Waals surface area contributed by atoms with Crippen LogP contribution in [0.15, 0.2) is 24.3 Å². The van der Waals surface area contributed by atoms with E-state index in [4.69, 9.17) is 4.74 Å². The van der Waals surface area contributed by atoms with Crippen LogP contribution >= 0.6 is 0 Å². The topological polar surface area (TPSA) is 98.1 Å². The van der Waals surface area contributed by atoms with Crippen molar-refractivity contribution in [3.63, 3.8) is 0 Å². The smallest absolute Gasteiger partial charge is 0.252 e. The van der Waals surface area contributed by atoms with Crippen molar-refractivity contribution in [2.24, 2.45) is 0 Å². The minimum atomic E-state index is -0.689. The molecule has 1 aliphatic heterocycles. The first kappa shape index (κ1) is 15.0. The number of aryl methyl sites for hydroxylation is 1. The molecule has 0 saturated heterocycles. The molecule has 1 aromatic heterocycles. The molecule has 8 nitrogen and oxygen atoms in total. The van der Waals surface area contributed by atoms with Crippen molar-refractivity contribution in [2.45, 2.75) is 26.3 Å². The van der Waals surface area contributed by atoms with E-state index in [1.54, 1.807) is 25.1 Å². The summed E-state index contributed by atoms with van der Waals surface area (Å²) >= 11 is 0. The summed E-state index contributed by atoms with van der Waals surface area (Å²) in [4.78, 5) is 28.3. The van der Waals surface area contributed by atoms with Crippen LogP contribution in [0.25, 0.3) is 0 Å². The van der Waals surface area contributed by atoms with Gasteiger partial charge in [0.05, 0.1) is 18.7 Å². The summed E-state index contributed by atoms with van der Waals surface area (Å²) in [6, 6.07) is 6.48. The third-order valence-corrected chi connectivity index (χ3v) is 3.41. The fourth-order valence-corrected chi connectivity index (χ4v) is 2.44. The molecular formula is C15H17N5O3. The van der Waals surface area contributed by atoms with E-state index in [1.807, 2.05) is 13.0 Å². The molecule has 2 amide bonds. The van der Waals surface area contributed by atoms with Crippen molar-refractivity contribution in [2.75, 3.05) is 17.2 Å². The van der Waals surface area contributed by atoms with Crippen LogP contribution in [0, 0.1) is 6.92 Å². The number of aromatic nitrogens is 3. The predicted octanol–water partition coefficient (Wildman–Crippen LogP) is 1.51. The second kappa shape index (κ2) is 6.07. The van der Waals surface area contributed by atoms with E-state index < -0.39 is 6.04 Å². The average molecular weight is 315 g/mol. The lowest BCUT2D eigenvalue weighted by molar-refractivity contribution is -0.123. The minimum absolute atomic E-state index is 0.0257. The summed E-state index contributed by atoms with van der Waals surface area (Å²) in [5.74, 6) is 0.940. The molecular weight excluding hydrogens is 298 g/mol. The molecule has 120 valence electrons. The highest BCUT2D eigenvalue weighted by Gasteiger charge is 2.34. The van der Waals surface area contributed by atoms with Crippen molar-refractivity contribution in [1.82, 2.24) is 14.8 Å². The number of nitrogens with one attached hydrogen (secondary N) is 2. The molecule has 0 bridgehead atoms. The first-order chi connectivity index (χ1) is 11.1. The van der Waals surface area contributed by atoms with Crippen LogP contribution in [0.1, 0.15) is 25.2 Å². The van der Waals surface area contributed by atoms with Crippen molar-refractivity contribution in [3.05, 3.63) is 30.1 Å². The Bertz CT molecular complexity index is 755. The fraction of sp³-hybridized carbons (Fsp3) is 0.333. The van der Waals surface area contributed by atoms with E-state index in [0.717, 1.165) is 0 Å². The molecule has 1 aliphatic rings. The molecule has 0 unspecified atom stereocenters. The Balaban J connectivity index is 1.72. The Hall–Kier alpha value is -2.90. The van der Waals surface area contributed by atoms with Crippen molar-refractivity contribution >= 4 is 23.5 Å². The van der Waals surface area contributed by atoms with Crippen molar-refractivity contribution in [1.29, 1.82) is 0 Å². The molecule has 0 fully saturated rings. The summed E-state index contributed by atoms with van der Waals surface area (Å²) in [6.45, 7) is 4.10. The maximum absolute atomic E-state index is 12.3. The number of para-hydroxylation sites is 2. The number of nitrogens with zero attached hydrogens (tertiary/aromatic N) is 3. The third kappa shape index (κ3) is 3.01. The highest BCUT2D eigenvalue weighted by Crippen LogP contribution is 2.27. The van der Waals surface area contributed by atoms with Gasteiger partial charge in [0.25, 0.3) is 5.91 Å². The summed E-state index contributed by atoms with van der Waals surface area (Å²) in [7, 11) is 0. The van der Waals surface area contributed by atoms with Gasteiger partial charge in [-0.1, -0.05) is 12.1 Å². The number of fused-ring (bicyclic) bond motifs is 1. The summed E-state index contributed by atoms with van der Waals surface area (Å²) in [6.07, 6.45) is -0.0257. The average Bonchev–Trinajstić information content (AvgIpc) is 2.99. The van der Waals surface area contributed by atoms with Crippen LogP contribution < -0.4 is 15.4 Å². The largest absolute Gasteiger partial charge is 0.492 e. The lowest BCUT2D eigenvalue weighted by atomic mass is 10.2. The Kier molecular flexibility index (Phi) is 3.96. The van der Waals surface area contributed by atoms with Crippen LogP contribution in [0.2, 0.25) is 0 Å². The van der Waals surface area contributed by atoms with Crippen LogP contribution in [0.5, 0.6) is 5.75 Å². The van der Waals surface area contributed by atoms with E-state index in [0.29, 0.717) is 29.8 Å². The maximum atomic E-state index is 12.3. The molecule has 2 aromatic rings. The minimum Gasteiger partial charge on any atom is -0.492 e. The molecule has 0 spiro atoms. The number of ether oxygens (including phenoxy) is 1. The zero-order chi connectivity index (χ0) is 16.4. The second-order valence-electron chi connectivity index (χ2n) is 5.11. The summed E-state index contributed by atoms with van der Waals surface area (Å²) in [5.41, 5.74) is 0.577. The monoisotopic (exact) mass is 315 g/mol. The Morgan fingerprint density at radius 2 is 2.22 bits per heavy atom. The molecule has 1 atom stereocenters. The quantitative estimate of drug-likeness (QED) is 0.871. The van der Waals surface area contributed by atoms with Gasteiger partial charge in [0, 0.05) is 0 Å². The first-order valence-corrected chi connectivity index (χ1v) is 7.34. The van der Waals surface area contributed by atoms with Crippen LogP contribution in [0.4, 0.5) is 11.6 Å². The first-order valence-electron chi connectivity index (χ1n) is 7.34. The molecule has 1 aromatic carbocycles. The van der Waals surface area contributed by atoms with E-state index in [1.165, 1.54) is 4.68 Å². The Morgan fingerprint density at radius 3 is 3.00 bits per heavy atom. The van der Waals surface area contributed by atoms with Gasteiger partial charge in [0.1, 0.15) is 17.6 Å². The number of benzene rings is 1. The van der Waals surface area contributed by atoms with E-state index in [-0.39, 0.29) is 18.2 Å². The van der Waals surface area contributed by atoms with Gasteiger partial charge in [0.15, 0.2) is 0 Å². The normalized spacial score (nSPS) is 15.9. The van der Waals surface area contributed by atoms with E-state index >= 15 is 0 Å². The SMILES string of the molecule is CCOc1ccccc1NC(=O)C[C@@H]1C(=O)Nc2nc(C)nn21. The molecule has 8 heteroatoms. The van der Waals surface area contributed by atoms with Gasteiger partial charge in [-0.25, -0.2) is 4.68 Å². The molecule has 3 rings (SSSR count). The number of hydrogen-bond acceptors (Lipinski definition) is 5. The number of hydrogen-bond donors (Lipinski definition) is 2. The lowest BCUT2D eigenvalue weighted by Crippen LogP contribution is -2.24. The Morgan fingerprint density at radius 1 is 1.43 bits per heavy atom. The number of carbonyl (C=O) groups excluding carboxylic acids is 2. The molecule has 0 radical (unpaired) electrons. The number of rotatable bonds is 5. The molecule has 0 aliphatic carbocycles. The van der Waals surface area contributed by atoms with E-state index in [2.05, 4.69) is 20.7 Å². The van der Waals surface area contributed by atoms with Gasteiger partial charge in [-0.3, -0.25) is 14.9 Å². The molecule has 2 N–H and O–H groups in total. The molecule has 2 heterocycles. The van der Waals surface area contributed by atoms with Crippen LogP contribution in [-0.4, -0.2) is 33.2 Å². The Labute approximate surface area is 132 Å². The number of amides is 2. The summed E-state index contributed by atoms with van der Waals surface area (Å²) in [5, 5.41) is 9.54.